The van der Waals surface area contributed by atoms with Crippen LogP contribution in [-0.4, -0.2) is 27.0 Å². The van der Waals surface area contributed by atoms with E-state index in [1.165, 1.54) is 30.3 Å². The molecule has 0 bridgehead atoms. The van der Waals surface area contributed by atoms with Gasteiger partial charge >= 0.3 is 0 Å². The molecule has 30 heavy (non-hydrogen) atoms. The Kier molecular flexibility index (Phi) is 7.33. The van der Waals surface area contributed by atoms with E-state index in [1.54, 1.807) is 6.92 Å². The summed E-state index contributed by atoms with van der Waals surface area (Å²) in [5, 5.41) is 2.47. The van der Waals surface area contributed by atoms with E-state index in [4.69, 9.17) is 16.3 Å². The number of nitrogens with one attached hydrogen (secondary N) is 2. The zero-order chi connectivity index (χ0) is 21.7. The van der Waals surface area contributed by atoms with E-state index in [2.05, 4.69) is 10.0 Å². The van der Waals surface area contributed by atoms with Crippen LogP contribution < -0.4 is 14.8 Å². The Balaban J connectivity index is 1.59. The molecule has 9 heteroatoms. The Morgan fingerprint density at radius 3 is 2.57 bits per heavy atom. The van der Waals surface area contributed by atoms with E-state index in [0.29, 0.717) is 17.0 Å². The molecule has 0 radical (unpaired) electrons. The highest BCUT2D eigenvalue weighted by atomic mass is 35.5. The first-order valence-corrected chi connectivity index (χ1v) is 11.6. The minimum atomic E-state index is -3.61. The molecule has 1 amide bonds. The molecule has 2 aromatic rings. The van der Waals surface area contributed by atoms with Crippen molar-refractivity contribution in [1.29, 1.82) is 0 Å². The molecule has 1 saturated carbocycles. The number of anilines is 1. The molecule has 162 valence electrons. The average molecular weight is 455 g/mol. The quantitative estimate of drug-likeness (QED) is 0.648. The van der Waals surface area contributed by atoms with Crippen LogP contribution in [-0.2, 0) is 14.8 Å². The number of hydrogen-bond donors (Lipinski definition) is 2. The minimum absolute atomic E-state index is 0.0244. The summed E-state index contributed by atoms with van der Waals surface area (Å²) < 4.78 is 46.7. The number of halogens is 2. The van der Waals surface area contributed by atoms with Gasteiger partial charge in [-0.15, -0.1) is 0 Å². The topological polar surface area (TPSA) is 84.5 Å². The van der Waals surface area contributed by atoms with Crippen molar-refractivity contribution in [2.75, 3.05) is 11.9 Å². The van der Waals surface area contributed by atoms with Crippen LogP contribution >= 0.6 is 11.6 Å². The van der Waals surface area contributed by atoms with Gasteiger partial charge in [-0.1, -0.05) is 30.9 Å². The molecule has 0 heterocycles. The first-order valence-electron chi connectivity index (χ1n) is 9.75. The van der Waals surface area contributed by atoms with Gasteiger partial charge in [-0.25, -0.2) is 17.5 Å². The molecule has 3 rings (SSSR count). The minimum Gasteiger partial charge on any atom is -0.483 e. The lowest BCUT2D eigenvalue weighted by Crippen LogP contribution is -2.36. The molecule has 0 atom stereocenters. The molecule has 1 fully saturated rings. The second-order valence-electron chi connectivity index (χ2n) is 7.35. The van der Waals surface area contributed by atoms with Gasteiger partial charge in [-0.3, -0.25) is 4.79 Å². The van der Waals surface area contributed by atoms with Crippen LogP contribution in [0.1, 0.15) is 37.7 Å². The molecule has 1 aliphatic carbocycles. The van der Waals surface area contributed by atoms with Crippen molar-refractivity contribution < 1.29 is 22.3 Å². The van der Waals surface area contributed by atoms with Crippen molar-refractivity contribution in [2.45, 2.75) is 50.0 Å². The number of benzene rings is 2. The Bertz CT molecular complexity index is 1020. The normalized spacial score (nSPS) is 15.0. The summed E-state index contributed by atoms with van der Waals surface area (Å²) in [7, 11) is -3.61. The largest absolute Gasteiger partial charge is 0.483 e. The SMILES string of the molecule is Cc1cc(S(=O)(=O)NC2CCCCC2)ccc1OCC(=O)Nc1ccc(F)c(Cl)c1. The molecule has 6 nitrogen and oxygen atoms in total. The van der Waals surface area contributed by atoms with Crippen LogP contribution in [0.15, 0.2) is 41.3 Å². The Hall–Kier alpha value is -2.16. The number of ether oxygens (including phenoxy) is 1. The first-order chi connectivity index (χ1) is 14.2. The Labute approximate surface area is 180 Å². The molecule has 1 aliphatic rings. The highest BCUT2D eigenvalue weighted by molar-refractivity contribution is 7.89. The summed E-state index contributed by atoms with van der Waals surface area (Å²) in [6.07, 6.45) is 4.92. The lowest BCUT2D eigenvalue weighted by atomic mass is 9.96. The highest BCUT2D eigenvalue weighted by Gasteiger charge is 2.22. The molecule has 2 aromatic carbocycles. The monoisotopic (exact) mass is 454 g/mol. The zero-order valence-corrected chi connectivity index (χ0v) is 18.2. The zero-order valence-electron chi connectivity index (χ0n) is 16.6. The van der Waals surface area contributed by atoms with Crippen LogP contribution in [0.3, 0.4) is 0 Å². The number of carbonyl (C=O) groups excluding carboxylic acids is 1. The molecule has 2 N–H and O–H groups in total. The van der Waals surface area contributed by atoms with Gasteiger partial charge in [0.15, 0.2) is 6.61 Å². The number of rotatable bonds is 7. The summed E-state index contributed by atoms with van der Waals surface area (Å²) in [5.41, 5.74) is 0.945. The van der Waals surface area contributed by atoms with Gasteiger partial charge < -0.3 is 10.1 Å². The third-order valence-electron chi connectivity index (χ3n) is 4.95. The van der Waals surface area contributed by atoms with Gasteiger partial charge in [0.1, 0.15) is 11.6 Å². The van der Waals surface area contributed by atoms with Crippen molar-refractivity contribution >= 4 is 33.2 Å². The predicted octanol–water partition coefficient (Wildman–Crippen LogP) is 4.42. The van der Waals surface area contributed by atoms with E-state index in [0.717, 1.165) is 38.2 Å². The van der Waals surface area contributed by atoms with Gasteiger partial charge in [0, 0.05) is 11.7 Å². The molecular weight excluding hydrogens is 431 g/mol. The Morgan fingerprint density at radius 1 is 1.17 bits per heavy atom. The van der Waals surface area contributed by atoms with Crippen molar-refractivity contribution in [3.05, 3.63) is 52.8 Å². The van der Waals surface area contributed by atoms with E-state index < -0.39 is 21.7 Å². The standard InChI is InChI=1S/C21H24ClFN2O4S/c1-14-11-17(30(27,28)25-15-5-3-2-4-6-15)8-10-20(14)29-13-21(26)24-16-7-9-19(23)18(22)12-16/h7-12,15,25H,2-6,13H2,1H3,(H,24,26). The van der Waals surface area contributed by atoms with Crippen LogP contribution in [0, 0.1) is 12.7 Å². The van der Waals surface area contributed by atoms with Crippen LogP contribution in [0.2, 0.25) is 5.02 Å². The fraction of sp³-hybridized carbons (Fsp3) is 0.381. The lowest BCUT2D eigenvalue weighted by Gasteiger charge is -2.22. The maximum Gasteiger partial charge on any atom is 0.262 e. The fourth-order valence-corrected chi connectivity index (χ4v) is 4.94. The first kappa shape index (κ1) is 22.5. The summed E-state index contributed by atoms with van der Waals surface area (Å²) in [4.78, 5) is 12.2. The predicted molar refractivity (Wildman–Crippen MR) is 114 cm³/mol. The second kappa shape index (κ2) is 9.76. The van der Waals surface area contributed by atoms with Gasteiger partial charge in [-0.2, -0.15) is 0 Å². The molecule has 0 aromatic heterocycles. The summed E-state index contributed by atoms with van der Waals surface area (Å²) in [6, 6.07) is 8.35. The molecule has 0 saturated heterocycles. The van der Waals surface area contributed by atoms with E-state index >= 15 is 0 Å². The Morgan fingerprint density at radius 2 is 1.90 bits per heavy atom. The maximum absolute atomic E-state index is 13.2. The lowest BCUT2D eigenvalue weighted by molar-refractivity contribution is -0.118. The second-order valence-corrected chi connectivity index (χ2v) is 9.47. The average Bonchev–Trinajstić information content (AvgIpc) is 2.70. The number of amides is 1. The summed E-state index contributed by atoms with van der Waals surface area (Å²) in [6.45, 7) is 1.43. The van der Waals surface area contributed by atoms with E-state index in [1.807, 2.05) is 0 Å². The van der Waals surface area contributed by atoms with Gasteiger partial charge in [0.25, 0.3) is 5.91 Å². The third kappa shape index (κ3) is 5.93. The number of hydrogen-bond acceptors (Lipinski definition) is 4. The van der Waals surface area contributed by atoms with Crippen molar-refractivity contribution in [1.82, 2.24) is 4.72 Å². The van der Waals surface area contributed by atoms with E-state index in [-0.39, 0.29) is 22.6 Å². The van der Waals surface area contributed by atoms with Crippen LogP contribution in [0.5, 0.6) is 5.75 Å². The summed E-state index contributed by atoms with van der Waals surface area (Å²) in [5.74, 6) is -0.624. The number of carbonyl (C=O) groups is 1. The van der Waals surface area contributed by atoms with Crippen molar-refractivity contribution in [3.63, 3.8) is 0 Å². The molecular formula is C21H24ClFN2O4S. The van der Waals surface area contributed by atoms with Gasteiger partial charge in [0.05, 0.1) is 9.92 Å². The van der Waals surface area contributed by atoms with Crippen molar-refractivity contribution in [3.8, 4) is 5.75 Å². The smallest absolute Gasteiger partial charge is 0.262 e. The summed E-state index contributed by atoms with van der Waals surface area (Å²) >= 11 is 5.69. The van der Waals surface area contributed by atoms with Crippen molar-refractivity contribution in [2.24, 2.45) is 0 Å². The number of aryl methyl sites for hydroxylation is 1. The fourth-order valence-electron chi connectivity index (χ4n) is 3.37. The molecule has 0 unspecified atom stereocenters. The highest BCUT2D eigenvalue weighted by Crippen LogP contribution is 2.24. The third-order valence-corrected chi connectivity index (χ3v) is 6.75. The van der Waals surface area contributed by atoms with Gasteiger partial charge in [-0.05, 0) is 61.7 Å². The van der Waals surface area contributed by atoms with Crippen LogP contribution in [0.25, 0.3) is 0 Å². The van der Waals surface area contributed by atoms with Gasteiger partial charge in [0.2, 0.25) is 10.0 Å². The number of sulfonamides is 1. The maximum atomic E-state index is 13.2. The molecule has 0 aliphatic heterocycles. The van der Waals surface area contributed by atoms with E-state index in [9.17, 15) is 17.6 Å². The van der Waals surface area contributed by atoms with Crippen LogP contribution in [0.4, 0.5) is 10.1 Å². The molecule has 0 spiro atoms.